The Morgan fingerprint density at radius 3 is 2.05 bits per heavy atom. The lowest BCUT2D eigenvalue weighted by molar-refractivity contribution is -0.790. The van der Waals surface area contributed by atoms with Crippen LogP contribution in [0.2, 0.25) is 0 Å². The maximum Gasteiger partial charge on any atom is 0.294 e. The molecule has 112 valence electrons. The number of nitrogens with zero attached hydrogens (tertiary/aromatic N) is 2. The predicted molar refractivity (Wildman–Crippen MR) is 67.4 cm³/mol. The average Bonchev–Trinajstić information content (AvgIpc) is 2.33. The second kappa shape index (κ2) is 11.5. The molecule has 0 saturated heterocycles. The van der Waals surface area contributed by atoms with Gasteiger partial charge in [0, 0.05) is 0 Å². The molecule has 0 N–H and O–H groups in total. The fourth-order valence-corrected chi connectivity index (χ4v) is 1.76. The van der Waals surface area contributed by atoms with Crippen molar-refractivity contribution in [2.45, 2.75) is 64.4 Å². The van der Waals surface area contributed by atoms with Crippen LogP contribution in [0.4, 0.5) is 0 Å². The molecule has 1 unspecified atom stereocenters. The Kier molecular flexibility index (Phi) is 10.5. The molecule has 0 rings (SSSR count). The lowest BCUT2D eigenvalue weighted by Gasteiger charge is -2.13. The molecule has 1 atom stereocenters. The summed E-state index contributed by atoms with van der Waals surface area (Å²) < 4.78 is 0. The van der Waals surface area contributed by atoms with Crippen molar-refractivity contribution in [2.75, 3.05) is 6.61 Å². The summed E-state index contributed by atoms with van der Waals surface area (Å²) in [6, 6.07) is 0. The van der Waals surface area contributed by atoms with Crippen molar-refractivity contribution in [2.24, 2.45) is 0 Å². The molecule has 0 aromatic heterocycles. The minimum Gasteiger partial charge on any atom is -0.312 e. The Morgan fingerprint density at radius 2 is 1.53 bits per heavy atom. The van der Waals surface area contributed by atoms with E-state index < -0.39 is 22.9 Å². The lowest BCUT2D eigenvalue weighted by atomic mass is 10.1. The van der Waals surface area contributed by atoms with Crippen LogP contribution >= 0.6 is 0 Å². The first-order chi connectivity index (χ1) is 9.06. The highest BCUT2D eigenvalue weighted by molar-refractivity contribution is 4.55. The molecule has 8 nitrogen and oxygen atoms in total. The van der Waals surface area contributed by atoms with Crippen molar-refractivity contribution >= 4 is 0 Å². The smallest absolute Gasteiger partial charge is 0.294 e. The fourth-order valence-electron chi connectivity index (χ4n) is 1.76. The third-order valence-corrected chi connectivity index (χ3v) is 2.73. The Hall–Kier alpha value is -1.60. The highest BCUT2D eigenvalue weighted by atomic mass is 17.0. The summed E-state index contributed by atoms with van der Waals surface area (Å²) in [5.74, 6) is 0. The summed E-state index contributed by atoms with van der Waals surface area (Å²) in [5.41, 5.74) is 0. The van der Waals surface area contributed by atoms with Crippen LogP contribution in [0.15, 0.2) is 0 Å². The van der Waals surface area contributed by atoms with Gasteiger partial charge in [-0.25, -0.2) is 0 Å². The van der Waals surface area contributed by atoms with E-state index in [1.807, 2.05) is 0 Å². The summed E-state index contributed by atoms with van der Waals surface area (Å²) in [4.78, 5) is 28.7. The second-order valence-electron chi connectivity index (χ2n) is 4.38. The largest absolute Gasteiger partial charge is 0.312 e. The van der Waals surface area contributed by atoms with Crippen LogP contribution < -0.4 is 0 Å². The highest BCUT2D eigenvalue weighted by Gasteiger charge is 2.15. The summed E-state index contributed by atoms with van der Waals surface area (Å²) in [7, 11) is 0. The minimum absolute atomic E-state index is 0.391. The topological polar surface area (TPSA) is 105 Å². The van der Waals surface area contributed by atoms with Crippen LogP contribution in [-0.2, 0) is 9.68 Å². The molecule has 0 saturated carbocycles. The van der Waals surface area contributed by atoms with Crippen LogP contribution in [0.5, 0.6) is 0 Å². The van der Waals surface area contributed by atoms with E-state index in [2.05, 4.69) is 16.6 Å². The quantitative estimate of drug-likeness (QED) is 0.291. The van der Waals surface area contributed by atoms with E-state index >= 15 is 0 Å². The first-order valence-electron chi connectivity index (χ1n) is 6.64. The third-order valence-electron chi connectivity index (χ3n) is 2.73. The maximum atomic E-state index is 10.2. The number of hydrogen-bond donors (Lipinski definition) is 0. The van der Waals surface area contributed by atoms with Crippen molar-refractivity contribution in [3.8, 4) is 0 Å². The monoisotopic (exact) mass is 278 g/mol. The zero-order valence-electron chi connectivity index (χ0n) is 11.3. The van der Waals surface area contributed by atoms with Gasteiger partial charge in [-0.3, -0.25) is 0 Å². The van der Waals surface area contributed by atoms with Gasteiger partial charge in [-0.2, -0.15) is 0 Å². The summed E-state index contributed by atoms with van der Waals surface area (Å²) in [6.45, 7) is 1.75. The number of hydrogen-bond acceptors (Lipinski definition) is 6. The molecular weight excluding hydrogens is 256 g/mol. The lowest BCUT2D eigenvalue weighted by Crippen LogP contribution is -2.24. The first kappa shape index (κ1) is 17.4. The molecule has 0 aromatic rings. The molecule has 0 aromatic carbocycles. The average molecular weight is 278 g/mol. The van der Waals surface area contributed by atoms with Gasteiger partial charge in [-0.05, 0) is 6.42 Å². The molecule has 0 aliphatic rings. The summed E-state index contributed by atoms with van der Waals surface area (Å²) in [5, 5.41) is 18.3. The SMILES string of the molecule is CCCCCCCCCC(CO[N+](=O)[O-])O[N+](=O)[O-]. The molecule has 0 aliphatic heterocycles. The molecule has 0 radical (unpaired) electrons. The van der Waals surface area contributed by atoms with Crippen molar-refractivity contribution in [3.63, 3.8) is 0 Å². The normalized spacial score (nSPS) is 11.8. The Balaban J connectivity index is 3.67. The number of unbranched alkanes of at least 4 members (excludes halogenated alkanes) is 6. The summed E-state index contributed by atoms with van der Waals surface area (Å²) >= 11 is 0. The number of rotatable bonds is 13. The zero-order chi connectivity index (χ0) is 14.5. The van der Waals surface area contributed by atoms with E-state index in [0.717, 1.165) is 25.7 Å². The van der Waals surface area contributed by atoms with E-state index in [1.54, 1.807) is 0 Å². The Labute approximate surface area is 112 Å². The van der Waals surface area contributed by atoms with Gasteiger partial charge in [0.2, 0.25) is 0 Å². The Bertz CT molecular complexity index is 262. The molecule has 0 amide bonds. The van der Waals surface area contributed by atoms with E-state index in [4.69, 9.17) is 0 Å². The second-order valence-corrected chi connectivity index (χ2v) is 4.38. The fraction of sp³-hybridized carbons (Fsp3) is 1.00. The van der Waals surface area contributed by atoms with Crippen LogP contribution in [-0.4, -0.2) is 22.9 Å². The third kappa shape index (κ3) is 12.6. The van der Waals surface area contributed by atoms with Gasteiger partial charge >= 0.3 is 0 Å². The molecule has 0 bridgehead atoms. The van der Waals surface area contributed by atoms with Gasteiger partial charge in [-0.1, -0.05) is 51.9 Å². The van der Waals surface area contributed by atoms with Crippen LogP contribution in [0.25, 0.3) is 0 Å². The van der Waals surface area contributed by atoms with Crippen molar-refractivity contribution in [1.82, 2.24) is 0 Å². The molecule has 0 spiro atoms. The molecular formula is C11H22N2O6. The van der Waals surface area contributed by atoms with Gasteiger partial charge in [0.1, 0.15) is 12.7 Å². The van der Waals surface area contributed by atoms with E-state index in [1.165, 1.54) is 19.3 Å². The van der Waals surface area contributed by atoms with Crippen LogP contribution in [0, 0.1) is 20.2 Å². The van der Waals surface area contributed by atoms with E-state index in [9.17, 15) is 20.2 Å². The molecule has 0 aliphatic carbocycles. The first-order valence-corrected chi connectivity index (χ1v) is 6.64. The van der Waals surface area contributed by atoms with E-state index in [-0.39, 0.29) is 0 Å². The standard InChI is InChI=1S/C11H22N2O6/c1-2-3-4-5-6-7-8-9-11(19-13(16)17)10-18-12(14)15/h11H,2-10H2,1H3. The molecule has 8 heteroatoms. The molecule has 19 heavy (non-hydrogen) atoms. The minimum atomic E-state index is -0.971. The van der Waals surface area contributed by atoms with E-state index in [0.29, 0.717) is 6.42 Å². The van der Waals surface area contributed by atoms with Gasteiger partial charge in [0.05, 0.1) is 0 Å². The van der Waals surface area contributed by atoms with Gasteiger partial charge in [0.25, 0.3) is 10.2 Å². The summed E-state index contributed by atoms with van der Waals surface area (Å²) in [6.07, 6.45) is 7.06. The molecule has 0 heterocycles. The Morgan fingerprint density at radius 1 is 0.947 bits per heavy atom. The van der Waals surface area contributed by atoms with Crippen molar-refractivity contribution in [3.05, 3.63) is 20.2 Å². The van der Waals surface area contributed by atoms with Crippen molar-refractivity contribution < 1.29 is 19.8 Å². The van der Waals surface area contributed by atoms with Gasteiger partial charge in [0.15, 0.2) is 0 Å². The highest BCUT2D eigenvalue weighted by Crippen LogP contribution is 2.11. The van der Waals surface area contributed by atoms with Crippen molar-refractivity contribution in [1.29, 1.82) is 0 Å². The molecule has 0 fully saturated rings. The van der Waals surface area contributed by atoms with Gasteiger partial charge < -0.3 is 9.68 Å². The van der Waals surface area contributed by atoms with Crippen LogP contribution in [0.1, 0.15) is 58.3 Å². The predicted octanol–water partition coefficient (Wildman–Crippen LogP) is 2.91. The maximum absolute atomic E-state index is 10.2. The van der Waals surface area contributed by atoms with Gasteiger partial charge in [-0.15, -0.1) is 20.2 Å². The van der Waals surface area contributed by atoms with Crippen LogP contribution in [0.3, 0.4) is 0 Å². The zero-order valence-corrected chi connectivity index (χ0v) is 11.3.